The van der Waals surface area contributed by atoms with Gasteiger partial charge in [0.15, 0.2) is 11.2 Å². The summed E-state index contributed by atoms with van der Waals surface area (Å²) in [6.07, 6.45) is -5.08. The third-order valence-corrected chi connectivity index (χ3v) is 5.46. The van der Waals surface area contributed by atoms with E-state index in [9.17, 15) is 22.8 Å². The summed E-state index contributed by atoms with van der Waals surface area (Å²) in [4.78, 5) is 45.3. The minimum atomic E-state index is -5.08. The number of nitrogens with zero attached hydrogens (tertiary/aromatic N) is 5. The lowest BCUT2D eigenvalue weighted by molar-refractivity contribution is -0.192. The van der Waals surface area contributed by atoms with Crippen LogP contribution in [0.3, 0.4) is 0 Å². The second-order valence-electron chi connectivity index (χ2n) is 7.97. The molecular formula is C23H25F3N8O4. The highest BCUT2D eigenvalue weighted by Gasteiger charge is 2.38. The number of aliphatic carboxylic acids is 1. The van der Waals surface area contributed by atoms with E-state index in [0.717, 1.165) is 26.2 Å². The molecule has 0 atom stereocenters. The van der Waals surface area contributed by atoms with Crippen LogP contribution in [0.4, 0.5) is 30.8 Å². The molecule has 2 aromatic heterocycles. The number of aromatic nitrogens is 4. The average Bonchev–Trinajstić information content (AvgIpc) is 3.24. The summed E-state index contributed by atoms with van der Waals surface area (Å²) in [5.74, 6) is 3.53. The van der Waals surface area contributed by atoms with Crippen molar-refractivity contribution in [2.75, 3.05) is 36.4 Å². The van der Waals surface area contributed by atoms with Crippen LogP contribution >= 0.6 is 0 Å². The van der Waals surface area contributed by atoms with Crippen molar-refractivity contribution in [2.45, 2.75) is 19.6 Å². The number of hydrogen-bond acceptors (Lipinski definition) is 8. The number of halogens is 3. The Morgan fingerprint density at radius 2 is 1.84 bits per heavy atom. The number of alkyl halides is 3. The highest BCUT2D eigenvalue weighted by molar-refractivity contribution is 5.99. The predicted octanol–water partition coefficient (Wildman–Crippen LogP) is 1.04. The van der Waals surface area contributed by atoms with Gasteiger partial charge >= 0.3 is 12.1 Å². The van der Waals surface area contributed by atoms with Gasteiger partial charge in [-0.1, -0.05) is 18.1 Å². The van der Waals surface area contributed by atoms with Gasteiger partial charge in [-0.2, -0.15) is 23.1 Å². The summed E-state index contributed by atoms with van der Waals surface area (Å²) in [6.45, 7) is 5.34. The highest BCUT2D eigenvalue weighted by atomic mass is 19.4. The fraction of sp³-hybridized carbons (Fsp3) is 0.348. The zero-order chi connectivity index (χ0) is 28.0. The number of nitrogens with one attached hydrogen (secondary N) is 2. The molecule has 0 spiro atoms. The van der Waals surface area contributed by atoms with Gasteiger partial charge in [0.25, 0.3) is 11.5 Å². The van der Waals surface area contributed by atoms with Gasteiger partial charge in [-0.15, -0.1) is 5.92 Å². The van der Waals surface area contributed by atoms with Crippen LogP contribution in [0, 0.1) is 11.8 Å². The lowest BCUT2D eigenvalue weighted by Gasteiger charge is -2.28. The maximum absolute atomic E-state index is 13.3. The first kappa shape index (κ1) is 28.0. The van der Waals surface area contributed by atoms with E-state index in [4.69, 9.17) is 15.6 Å². The van der Waals surface area contributed by atoms with Crippen molar-refractivity contribution in [1.29, 1.82) is 0 Å². The third kappa shape index (κ3) is 6.21. The molecule has 3 aromatic rings. The lowest BCUT2D eigenvalue weighted by atomic mass is 10.1. The van der Waals surface area contributed by atoms with Crippen LogP contribution in [-0.2, 0) is 18.4 Å². The number of para-hydroxylation sites is 1. The molecule has 5 N–H and O–H groups in total. The zero-order valence-corrected chi connectivity index (χ0v) is 20.5. The minimum Gasteiger partial charge on any atom is -0.475 e. The average molecular weight is 534 g/mol. The monoisotopic (exact) mass is 534 g/mol. The van der Waals surface area contributed by atoms with Crippen LogP contribution < -0.4 is 26.8 Å². The Kier molecular flexibility index (Phi) is 8.58. The van der Waals surface area contributed by atoms with Gasteiger partial charge in [0.1, 0.15) is 0 Å². The number of carboxylic acid groups (broad SMARTS) is 1. The molecule has 1 aromatic carbocycles. The molecule has 0 saturated carbocycles. The third-order valence-electron chi connectivity index (χ3n) is 5.46. The number of anilines is 3. The van der Waals surface area contributed by atoms with Crippen molar-refractivity contribution < 1.29 is 27.9 Å². The number of imidazole rings is 1. The number of primary amides is 1. The zero-order valence-electron chi connectivity index (χ0n) is 20.5. The fourth-order valence-corrected chi connectivity index (χ4v) is 3.60. The largest absolute Gasteiger partial charge is 0.490 e. The first-order valence-electron chi connectivity index (χ1n) is 11.2. The molecule has 1 amide bonds. The van der Waals surface area contributed by atoms with Crippen LogP contribution in [0.2, 0.25) is 0 Å². The van der Waals surface area contributed by atoms with E-state index in [0.29, 0.717) is 34.9 Å². The number of carboxylic acids is 1. The normalized spacial score (nSPS) is 13.2. The van der Waals surface area contributed by atoms with E-state index in [-0.39, 0.29) is 11.5 Å². The van der Waals surface area contributed by atoms with Crippen molar-refractivity contribution in [2.24, 2.45) is 12.8 Å². The summed E-state index contributed by atoms with van der Waals surface area (Å²) in [7, 11) is 1.62. The van der Waals surface area contributed by atoms with Crippen LogP contribution in [0.5, 0.6) is 0 Å². The predicted molar refractivity (Wildman–Crippen MR) is 133 cm³/mol. The molecule has 15 heteroatoms. The Balaban J connectivity index is 0.000000505. The molecule has 0 aliphatic carbocycles. The van der Waals surface area contributed by atoms with Crippen LogP contribution in [-0.4, -0.2) is 68.4 Å². The van der Waals surface area contributed by atoms with Gasteiger partial charge in [0.05, 0.1) is 17.8 Å². The molecule has 1 aliphatic heterocycles. The van der Waals surface area contributed by atoms with Crippen molar-refractivity contribution in [3.05, 3.63) is 40.2 Å². The van der Waals surface area contributed by atoms with E-state index in [1.807, 2.05) is 4.57 Å². The maximum atomic E-state index is 13.3. The second kappa shape index (κ2) is 11.6. The van der Waals surface area contributed by atoms with Crippen LogP contribution in [0.1, 0.15) is 17.3 Å². The summed E-state index contributed by atoms with van der Waals surface area (Å²) < 4.78 is 35.0. The Labute approximate surface area is 214 Å². The number of rotatable bonds is 5. The Hall–Kier alpha value is -4.58. The van der Waals surface area contributed by atoms with Gasteiger partial charge in [0.2, 0.25) is 11.9 Å². The summed E-state index contributed by atoms with van der Waals surface area (Å²) in [5.41, 5.74) is 6.72. The number of carbonyl (C=O) groups excluding carboxylic acids is 1. The van der Waals surface area contributed by atoms with Gasteiger partial charge in [0, 0.05) is 33.2 Å². The topological polar surface area (TPSA) is 160 Å². The van der Waals surface area contributed by atoms with E-state index in [1.165, 1.54) is 4.57 Å². The molecule has 0 unspecified atom stereocenters. The van der Waals surface area contributed by atoms with Gasteiger partial charge < -0.3 is 26.4 Å². The minimum absolute atomic E-state index is 0.254. The van der Waals surface area contributed by atoms with Crippen molar-refractivity contribution in [1.82, 2.24) is 24.4 Å². The number of fused-ring (bicyclic) bond motifs is 1. The number of nitrogens with two attached hydrogens (primary N) is 1. The number of carbonyl (C=O) groups is 2. The van der Waals surface area contributed by atoms with Crippen LogP contribution in [0.25, 0.3) is 11.2 Å². The van der Waals surface area contributed by atoms with Crippen molar-refractivity contribution in [3.8, 4) is 11.8 Å². The van der Waals surface area contributed by atoms with E-state index in [1.54, 1.807) is 38.2 Å². The molecular weight excluding hydrogens is 509 g/mol. The molecule has 3 heterocycles. The summed E-state index contributed by atoms with van der Waals surface area (Å²) in [5, 5.41) is 13.5. The maximum Gasteiger partial charge on any atom is 0.490 e. The quantitative estimate of drug-likeness (QED) is 0.351. The summed E-state index contributed by atoms with van der Waals surface area (Å²) >= 11 is 0. The summed E-state index contributed by atoms with van der Waals surface area (Å²) in [6, 6.07) is 6.81. The van der Waals surface area contributed by atoms with E-state index >= 15 is 0 Å². The fourth-order valence-electron chi connectivity index (χ4n) is 3.60. The Morgan fingerprint density at radius 1 is 1.21 bits per heavy atom. The first-order chi connectivity index (χ1) is 18.0. The number of benzene rings is 1. The van der Waals surface area contributed by atoms with E-state index in [2.05, 4.69) is 37.3 Å². The first-order valence-corrected chi connectivity index (χ1v) is 11.2. The molecule has 12 nitrogen and oxygen atoms in total. The molecule has 1 fully saturated rings. The van der Waals surface area contributed by atoms with Crippen LogP contribution in [0.15, 0.2) is 29.1 Å². The molecule has 38 heavy (non-hydrogen) atoms. The Bertz CT molecular complexity index is 1460. The van der Waals surface area contributed by atoms with Gasteiger partial charge in [-0.3, -0.25) is 18.7 Å². The van der Waals surface area contributed by atoms with Gasteiger partial charge in [-0.25, -0.2) is 4.79 Å². The second-order valence-corrected chi connectivity index (χ2v) is 7.97. The van der Waals surface area contributed by atoms with Gasteiger partial charge in [-0.05, 0) is 19.1 Å². The lowest BCUT2D eigenvalue weighted by Crippen LogP contribution is -2.44. The molecule has 1 aliphatic rings. The van der Waals surface area contributed by atoms with E-state index < -0.39 is 18.1 Å². The molecule has 202 valence electrons. The highest BCUT2D eigenvalue weighted by Crippen LogP contribution is 2.23. The molecule has 4 rings (SSSR count). The SMILES string of the molecule is CC#CCn1c(N2CCNCC2)nc2nc(Nc3ccccc3C(N)=O)n(C)c(=O)c21.O=C(O)C(F)(F)F. The smallest absolute Gasteiger partial charge is 0.475 e. The molecule has 0 bridgehead atoms. The number of hydrogen-bond donors (Lipinski definition) is 4. The van der Waals surface area contributed by atoms with Crippen molar-refractivity contribution >= 4 is 40.6 Å². The van der Waals surface area contributed by atoms with Crippen molar-refractivity contribution in [3.63, 3.8) is 0 Å². The standard InChI is InChI=1S/C21H24N8O2.C2HF3O2/c1-3-4-11-29-16-18(26-21(29)28-12-9-23-10-13-28)25-20(27(2)19(16)31)24-15-8-6-5-7-14(15)17(22)30;3-2(4,5)1(6)7/h5-8,23H,9-13H2,1-2H3,(H2,22,30)(H,24,25);(H,6,7). The molecule has 1 saturated heterocycles. The molecule has 0 radical (unpaired) electrons. The Morgan fingerprint density at radius 3 is 2.42 bits per heavy atom. The number of amides is 1. The number of piperazine rings is 1.